The fourth-order valence-electron chi connectivity index (χ4n) is 4.36. The van der Waals surface area contributed by atoms with Crippen molar-refractivity contribution in [1.29, 1.82) is 0 Å². The number of amides is 1. The molecule has 1 fully saturated rings. The number of aromatic nitrogens is 3. The van der Waals surface area contributed by atoms with Crippen LogP contribution in [0.15, 0.2) is 47.5 Å². The molecule has 1 saturated carbocycles. The highest BCUT2D eigenvalue weighted by molar-refractivity contribution is 6.15. The number of methoxy groups -OCH3 is 1. The second-order valence-corrected chi connectivity index (χ2v) is 8.56. The first kappa shape index (κ1) is 21.3. The van der Waals surface area contributed by atoms with Crippen LogP contribution in [0.25, 0.3) is 5.69 Å². The first-order valence-electron chi connectivity index (χ1n) is 11.3. The first-order valence-corrected chi connectivity index (χ1v) is 11.3. The molecule has 170 valence electrons. The van der Waals surface area contributed by atoms with E-state index in [1.807, 2.05) is 29.7 Å². The molecule has 33 heavy (non-hydrogen) atoms. The molecular weight excluding hydrogens is 416 g/mol. The summed E-state index contributed by atoms with van der Waals surface area (Å²) in [5, 5.41) is 11.6. The van der Waals surface area contributed by atoms with E-state index < -0.39 is 6.04 Å². The minimum atomic E-state index is -0.486. The molecule has 1 atom stereocenters. The van der Waals surface area contributed by atoms with Crippen molar-refractivity contribution in [1.82, 2.24) is 20.1 Å². The minimum absolute atomic E-state index is 0.117. The molecule has 5 rings (SSSR count). The van der Waals surface area contributed by atoms with Crippen LogP contribution in [0, 0.1) is 6.92 Å². The minimum Gasteiger partial charge on any atom is -0.497 e. The van der Waals surface area contributed by atoms with Crippen molar-refractivity contribution in [3.05, 3.63) is 70.8 Å². The Morgan fingerprint density at radius 1 is 1.18 bits per heavy atom. The van der Waals surface area contributed by atoms with E-state index >= 15 is 0 Å². The molecule has 8 nitrogen and oxygen atoms in total. The van der Waals surface area contributed by atoms with E-state index in [1.54, 1.807) is 7.11 Å². The Hall–Kier alpha value is -3.52. The summed E-state index contributed by atoms with van der Waals surface area (Å²) < 4.78 is 7.52. The molecule has 2 heterocycles. The van der Waals surface area contributed by atoms with E-state index in [0.717, 1.165) is 34.1 Å². The van der Waals surface area contributed by atoms with Crippen LogP contribution in [0.2, 0.25) is 0 Å². The van der Waals surface area contributed by atoms with Gasteiger partial charge < -0.3 is 15.8 Å². The van der Waals surface area contributed by atoms with Crippen molar-refractivity contribution in [3.8, 4) is 11.4 Å². The number of nitrogens with two attached hydrogens (primary N) is 1. The summed E-state index contributed by atoms with van der Waals surface area (Å²) in [6.45, 7) is 2.72. The maximum atomic E-state index is 12.6. The van der Waals surface area contributed by atoms with Crippen molar-refractivity contribution in [2.45, 2.75) is 38.1 Å². The maximum absolute atomic E-state index is 12.6. The van der Waals surface area contributed by atoms with Crippen molar-refractivity contribution >= 4 is 11.6 Å². The molecule has 2 aliphatic rings. The fraction of sp³-hybridized carbons (Fsp3) is 0.360. The lowest BCUT2D eigenvalue weighted by Gasteiger charge is -2.14. The van der Waals surface area contributed by atoms with Crippen molar-refractivity contribution in [3.63, 3.8) is 0 Å². The van der Waals surface area contributed by atoms with E-state index in [2.05, 4.69) is 39.8 Å². The summed E-state index contributed by atoms with van der Waals surface area (Å²) in [6.07, 6.45) is 2.67. The lowest BCUT2D eigenvalue weighted by atomic mass is 9.98. The smallest absolute Gasteiger partial charge is 0.222 e. The van der Waals surface area contributed by atoms with E-state index in [4.69, 9.17) is 15.5 Å². The summed E-state index contributed by atoms with van der Waals surface area (Å²) in [4.78, 5) is 17.7. The van der Waals surface area contributed by atoms with Crippen LogP contribution in [0.1, 0.15) is 59.6 Å². The molecule has 2 aromatic carbocycles. The largest absolute Gasteiger partial charge is 0.497 e. The van der Waals surface area contributed by atoms with Crippen molar-refractivity contribution in [2.24, 2.45) is 10.7 Å². The van der Waals surface area contributed by atoms with E-state index in [0.29, 0.717) is 24.8 Å². The van der Waals surface area contributed by atoms with Gasteiger partial charge in [-0.25, -0.2) is 0 Å². The van der Waals surface area contributed by atoms with Crippen LogP contribution in [0.3, 0.4) is 0 Å². The monoisotopic (exact) mass is 444 g/mol. The number of fused-ring (bicyclic) bond motifs is 3. The standard InChI is InChI=1S/C25H28N6O2/c1-15-29-30-25-21(14-23(32)27-12-11-26)28-24(18-7-5-17(6-8-18)16-3-4-16)20-13-19(33-2)9-10-22(20)31(15)25/h5-10,13,16,21H,3-4,11-12,14,26H2,1-2H3,(H,27,32). The Bertz CT molecular complexity index is 1210. The Morgan fingerprint density at radius 3 is 2.67 bits per heavy atom. The molecule has 8 heteroatoms. The number of aliphatic imine (C=N–C) groups is 1. The van der Waals surface area contributed by atoms with Crippen LogP contribution < -0.4 is 15.8 Å². The summed E-state index contributed by atoms with van der Waals surface area (Å²) in [7, 11) is 1.65. The zero-order valence-corrected chi connectivity index (χ0v) is 18.9. The Balaban J connectivity index is 1.65. The maximum Gasteiger partial charge on any atom is 0.222 e. The van der Waals surface area contributed by atoms with Crippen LogP contribution in [0.4, 0.5) is 0 Å². The number of hydrogen-bond acceptors (Lipinski definition) is 6. The molecule has 0 radical (unpaired) electrons. The van der Waals surface area contributed by atoms with Crippen molar-refractivity contribution < 1.29 is 9.53 Å². The Labute approximate surface area is 192 Å². The zero-order chi connectivity index (χ0) is 22.9. The third kappa shape index (κ3) is 4.14. The second kappa shape index (κ2) is 8.78. The van der Waals surface area contributed by atoms with Gasteiger partial charge in [0.15, 0.2) is 5.82 Å². The van der Waals surface area contributed by atoms with E-state index in [-0.39, 0.29) is 12.3 Å². The molecule has 0 saturated heterocycles. The summed E-state index contributed by atoms with van der Waals surface area (Å²) >= 11 is 0. The average molecular weight is 445 g/mol. The van der Waals surface area contributed by atoms with Gasteiger partial charge in [-0.15, -0.1) is 10.2 Å². The van der Waals surface area contributed by atoms with Crippen LogP contribution >= 0.6 is 0 Å². The Morgan fingerprint density at radius 2 is 1.97 bits per heavy atom. The van der Waals surface area contributed by atoms with Gasteiger partial charge in [0.1, 0.15) is 17.6 Å². The van der Waals surface area contributed by atoms with Gasteiger partial charge in [-0.1, -0.05) is 24.3 Å². The highest BCUT2D eigenvalue weighted by Gasteiger charge is 2.30. The van der Waals surface area contributed by atoms with Gasteiger partial charge in [0.2, 0.25) is 5.91 Å². The molecular formula is C25H28N6O2. The van der Waals surface area contributed by atoms with Crippen molar-refractivity contribution in [2.75, 3.05) is 20.2 Å². The highest BCUT2D eigenvalue weighted by atomic mass is 16.5. The number of nitrogens with one attached hydrogen (secondary N) is 1. The normalized spacial score (nSPS) is 16.9. The topological polar surface area (TPSA) is 107 Å². The molecule has 1 aliphatic carbocycles. The summed E-state index contributed by atoms with van der Waals surface area (Å²) in [5.41, 5.74) is 10.6. The van der Waals surface area contributed by atoms with Gasteiger partial charge in [0.25, 0.3) is 0 Å². The number of hydrogen-bond donors (Lipinski definition) is 2. The van der Waals surface area contributed by atoms with Gasteiger partial charge in [-0.3, -0.25) is 14.4 Å². The highest BCUT2D eigenvalue weighted by Crippen LogP contribution is 2.40. The average Bonchev–Trinajstić information content (AvgIpc) is 3.63. The fourth-order valence-corrected chi connectivity index (χ4v) is 4.36. The molecule has 0 spiro atoms. The quantitative estimate of drug-likeness (QED) is 0.583. The van der Waals surface area contributed by atoms with Crippen LogP contribution in [-0.4, -0.2) is 46.6 Å². The SMILES string of the molecule is COc1ccc2c(c1)C(c1ccc(C3CC3)cc1)=NC(CC(=O)NCCN)c1nnc(C)n1-2. The molecule has 1 aliphatic heterocycles. The number of nitrogens with zero attached hydrogens (tertiary/aromatic N) is 4. The number of rotatable bonds is 7. The number of aryl methyl sites for hydroxylation is 1. The molecule has 0 bridgehead atoms. The second-order valence-electron chi connectivity index (χ2n) is 8.56. The predicted octanol–water partition coefficient (Wildman–Crippen LogP) is 2.82. The number of benzene rings is 2. The first-order chi connectivity index (χ1) is 16.1. The molecule has 3 aromatic rings. The van der Waals surface area contributed by atoms with Crippen LogP contribution in [-0.2, 0) is 4.79 Å². The lowest BCUT2D eigenvalue weighted by Crippen LogP contribution is -2.30. The van der Waals surface area contributed by atoms with Gasteiger partial charge in [0, 0.05) is 24.2 Å². The number of ether oxygens (including phenoxy) is 1. The van der Waals surface area contributed by atoms with E-state index in [1.165, 1.54) is 18.4 Å². The molecule has 1 amide bonds. The number of carbonyl (C=O) groups is 1. The third-order valence-corrected chi connectivity index (χ3v) is 6.21. The van der Waals surface area contributed by atoms with E-state index in [9.17, 15) is 4.79 Å². The Kier molecular flexibility index (Phi) is 5.68. The van der Waals surface area contributed by atoms with Crippen LogP contribution in [0.5, 0.6) is 5.75 Å². The molecule has 1 aromatic heterocycles. The summed E-state index contributed by atoms with van der Waals surface area (Å²) in [6, 6.07) is 14.1. The molecule has 1 unspecified atom stereocenters. The third-order valence-electron chi connectivity index (χ3n) is 6.21. The summed E-state index contributed by atoms with van der Waals surface area (Å²) in [5.74, 6) is 2.69. The zero-order valence-electron chi connectivity index (χ0n) is 18.9. The predicted molar refractivity (Wildman–Crippen MR) is 126 cm³/mol. The van der Waals surface area contributed by atoms with Gasteiger partial charge in [0.05, 0.1) is 24.9 Å². The van der Waals surface area contributed by atoms with Gasteiger partial charge >= 0.3 is 0 Å². The lowest BCUT2D eigenvalue weighted by molar-refractivity contribution is -0.121. The number of carbonyl (C=O) groups excluding carboxylic acids is 1. The van der Waals surface area contributed by atoms with Gasteiger partial charge in [-0.2, -0.15) is 0 Å². The molecule has 3 N–H and O–H groups in total. The van der Waals surface area contributed by atoms with Gasteiger partial charge in [-0.05, 0) is 49.4 Å².